The predicted octanol–water partition coefficient (Wildman–Crippen LogP) is 3.12. The molecular weight excluding hydrogens is 230 g/mol. The van der Waals surface area contributed by atoms with Crippen LogP contribution in [-0.4, -0.2) is 24.1 Å². The first-order valence-electron chi connectivity index (χ1n) is 6.46. The maximum Gasteiger partial charge on any atom is 0.185 e. The first-order valence-corrected chi connectivity index (χ1v) is 7.28. The number of rotatable bonds is 7. The number of nitrogens with one attached hydrogen (secondary N) is 1. The average molecular weight is 255 g/mol. The van der Waals surface area contributed by atoms with Gasteiger partial charge < -0.3 is 10.2 Å². The van der Waals surface area contributed by atoms with Gasteiger partial charge in [-0.1, -0.05) is 13.8 Å². The molecule has 1 N–H and O–H groups in total. The van der Waals surface area contributed by atoms with Crippen molar-refractivity contribution in [2.75, 3.05) is 18.0 Å². The third kappa shape index (κ3) is 4.64. The van der Waals surface area contributed by atoms with Crippen LogP contribution in [0.25, 0.3) is 0 Å². The average Bonchev–Trinajstić information content (AvgIpc) is 2.66. The van der Waals surface area contributed by atoms with E-state index in [0.717, 1.165) is 24.8 Å². The number of hydrogen-bond acceptors (Lipinski definition) is 4. The molecule has 4 heteroatoms. The number of hydrogen-bond donors (Lipinski definition) is 1. The van der Waals surface area contributed by atoms with Gasteiger partial charge in [-0.05, 0) is 33.2 Å². The van der Waals surface area contributed by atoms with Gasteiger partial charge in [0.15, 0.2) is 5.13 Å². The molecule has 3 nitrogen and oxygen atoms in total. The normalized spacial score (nSPS) is 11.5. The van der Waals surface area contributed by atoms with Crippen LogP contribution in [0.2, 0.25) is 0 Å². The van der Waals surface area contributed by atoms with Crippen LogP contribution in [0, 0.1) is 5.92 Å². The Balaban J connectivity index is 2.52. The molecule has 1 aromatic rings. The van der Waals surface area contributed by atoms with Gasteiger partial charge in [0.05, 0.1) is 0 Å². The van der Waals surface area contributed by atoms with Crippen LogP contribution in [0.3, 0.4) is 0 Å². The second-order valence-electron chi connectivity index (χ2n) is 5.01. The van der Waals surface area contributed by atoms with E-state index >= 15 is 0 Å². The first-order chi connectivity index (χ1) is 8.04. The fourth-order valence-electron chi connectivity index (χ4n) is 1.72. The van der Waals surface area contributed by atoms with Gasteiger partial charge in [-0.2, -0.15) is 0 Å². The van der Waals surface area contributed by atoms with E-state index < -0.39 is 0 Å². The molecule has 0 unspecified atom stereocenters. The second kappa shape index (κ2) is 6.97. The monoisotopic (exact) mass is 255 g/mol. The summed E-state index contributed by atoms with van der Waals surface area (Å²) >= 11 is 1.80. The van der Waals surface area contributed by atoms with Gasteiger partial charge >= 0.3 is 0 Å². The number of thiazole rings is 1. The standard InChI is InChI=1S/C13H25N3S/c1-6-16(11(4)5)13-15-9-12(17-13)8-14-7-10(2)3/h9-11,14H,6-8H2,1-5H3. The summed E-state index contributed by atoms with van der Waals surface area (Å²) in [5.74, 6) is 0.699. The molecule has 0 amide bonds. The second-order valence-corrected chi connectivity index (χ2v) is 6.11. The van der Waals surface area contributed by atoms with Crippen LogP contribution in [0.1, 0.15) is 39.5 Å². The molecule has 0 aliphatic rings. The van der Waals surface area contributed by atoms with Crippen molar-refractivity contribution in [3.05, 3.63) is 11.1 Å². The van der Waals surface area contributed by atoms with E-state index in [0.29, 0.717) is 12.0 Å². The summed E-state index contributed by atoms with van der Waals surface area (Å²) in [6.45, 7) is 14.1. The SMILES string of the molecule is CCN(c1ncc(CNCC(C)C)s1)C(C)C. The highest BCUT2D eigenvalue weighted by Gasteiger charge is 2.12. The Morgan fingerprint density at radius 2 is 2.06 bits per heavy atom. The van der Waals surface area contributed by atoms with Gasteiger partial charge in [-0.3, -0.25) is 0 Å². The molecule has 1 aromatic heterocycles. The maximum absolute atomic E-state index is 4.51. The van der Waals surface area contributed by atoms with Crippen molar-refractivity contribution in [1.82, 2.24) is 10.3 Å². The number of aromatic nitrogens is 1. The Morgan fingerprint density at radius 1 is 1.35 bits per heavy atom. The lowest BCUT2D eigenvalue weighted by Crippen LogP contribution is -2.30. The molecule has 0 aromatic carbocycles. The quantitative estimate of drug-likeness (QED) is 0.811. The first kappa shape index (κ1) is 14.5. The van der Waals surface area contributed by atoms with Crippen LogP contribution in [0.15, 0.2) is 6.20 Å². The highest BCUT2D eigenvalue weighted by Crippen LogP contribution is 2.23. The number of nitrogens with zero attached hydrogens (tertiary/aromatic N) is 2. The van der Waals surface area contributed by atoms with Crippen molar-refractivity contribution in [2.45, 2.75) is 47.2 Å². The summed E-state index contributed by atoms with van der Waals surface area (Å²) < 4.78 is 0. The fraction of sp³-hybridized carbons (Fsp3) is 0.769. The van der Waals surface area contributed by atoms with Crippen molar-refractivity contribution in [3.63, 3.8) is 0 Å². The Kier molecular flexibility index (Phi) is 5.92. The Labute approximate surface area is 109 Å². The van der Waals surface area contributed by atoms with Gasteiger partial charge in [0, 0.05) is 30.2 Å². The molecule has 0 radical (unpaired) electrons. The molecule has 0 bridgehead atoms. The van der Waals surface area contributed by atoms with Crippen molar-refractivity contribution in [3.8, 4) is 0 Å². The minimum atomic E-state index is 0.516. The van der Waals surface area contributed by atoms with Crippen molar-refractivity contribution in [2.24, 2.45) is 5.92 Å². The van der Waals surface area contributed by atoms with Gasteiger partial charge in [0.1, 0.15) is 0 Å². The van der Waals surface area contributed by atoms with E-state index in [1.807, 2.05) is 6.20 Å². The van der Waals surface area contributed by atoms with Crippen molar-refractivity contribution >= 4 is 16.5 Å². The van der Waals surface area contributed by atoms with E-state index in [-0.39, 0.29) is 0 Å². The molecule has 17 heavy (non-hydrogen) atoms. The van der Waals surface area contributed by atoms with E-state index in [1.165, 1.54) is 4.88 Å². The van der Waals surface area contributed by atoms with Gasteiger partial charge in [-0.15, -0.1) is 11.3 Å². The third-order valence-corrected chi connectivity index (χ3v) is 3.64. The van der Waals surface area contributed by atoms with Crippen LogP contribution in [0.5, 0.6) is 0 Å². The molecule has 0 spiro atoms. The van der Waals surface area contributed by atoms with Gasteiger partial charge in [0.25, 0.3) is 0 Å². The Hall–Kier alpha value is -0.610. The molecular formula is C13H25N3S. The van der Waals surface area contributed by atoms with E-state index in [1.54, 1.807) is 11.3 Å². The molecule has 0 fully saturated rings. The summed E-state index contributed by atoms with van der Waals surface area (Å²) in [4.78, 5) is 8.16. The minimum Gasteiger partial charge on any atom is -0.346 e. The molecule has 0 saturated carbocycles. The minimum absolute atomic E-state index is 0.516. The fourth-order valence-corrected chi connectivity index (χ4v) is 2.79. The Morgan fingerprint density at radius 3 is 2.59 bits per heavy atom. The van der Waals surface area contributed by atoms with Crippen molar-refractivity contribution in [1.29, 1.82) is 0 Å². The van der Waals surface area contributed by atoms with Crippen LogP contribution in [-0.2, 0) is 6.54 Å². The van der Waals surface area contributed by atoms with Crippen LogP contribution >= 0.6 is 11.3 Å². The lowest BCUT2D eigenvalue weighted by Gasteiger charge is -2.23. The van der Waals surface area contributed by atoms with E-state index in [2.05, 4.69) is 49.8 Å². The highest BCUT2D eigenvalue weighted by atomic mass is 32.1. The molecule has 1 rings (SSSR count). The van der Waals surface area contributed by atoms with Crippen LogP contribution < -0.4 is 10.2 Å². The molecule has 98 valence electrons. The zero-order chi connectivity index (χ0) is 12.8. The molecule has 1 heterocycles. The number of anilines is 1. The predicted molar refractivity (Wildman–Crippen MR) is 76.8 cm³/mol. The molecule has 0 aliphatic carbocycles. The smallest absolute Gasteiger partial charge is 0.185 e. The summed E-state index contributed by atoms with van der Waals surface area (Å²) in [5.41, 5.74) is 0. The summed E-state index contributed by atoms with van der Waals surface area (Å²) in [6.07, 6.45) is 2.00. The van der Waals surface area contributed by atoms with E-state index in [4.69, 9.17) is 0 Å². The topological polar surface area (TPSA) is 28.2 Å². The maximum atomic E-state index is 4.51. The summed E-state index contributed by atoms with van der Waals surface area (Å²) in [6, 6.07) is 0.516. The zero-order valence-electron chi connectivity index (χ0n) is 11.7. The largest absolute Gasteiger partial charge is 0.346 e. The Bertz CT molecular complexity index is 320. The zero-order valence-corrected chi connectivity index (χ0v) is 12.5. The van der Waals surface area contributed by atoms with Crippen molar-refractivity contribution < 1.29 is 0 Å². The lowest BCUT2D eigenvalue weighted by atomic mass is 10.2. The molecule has 0 atom stereocenters. The van der Waals surface area contributed by atoms with Gasteiger partial charge in [-0.25, -0.2) is 4.98 Å². The van der Waals surface area contributed by atoms with Gasteiger partial charge in [0.2, 0.25) is 0 Å². The molecule has 0 aliphatic heterocycles. The van der Waals surface area contributed by atoms with E-state index in [9.17, 15) is 0 Å². The highest BCUT2D eigenvalue weighted by molar-refractivity contribution is 7.15. The molecule has 0 saturated heterocycles. The summed E-state index contributed by atoms with van der Waals surface area (Å²) in [7, 11) is 0. The summed E-state index contributed by atoms with van der Waals surface area (Å²) in [5, 5.41) is 4.59. The lowest BCUT2D eigenvalue weighted by molar-refractivity contribution is 0.554. The third-order valence-electron chi connectivity index (χ3n) is 2.60. The van der Waals surface area contributed by atoms with Crippen LogP contribution in [0.4, 0.5) is 5.13 Å².